The molecule has 3 heterocycles. The second-order valence-corrected chi connectivity index (χ2v) is 9.13. The summed E-state index contributed by atoms with van der Waals surface area (Å²) in [5.74, 6) is 1.22. The maximum Gasteiger partial charge on any atom is 0.234 e. The molecule has 154 valence electrons. The molecule has 0 spiro atoms. The molecule has 6 heteroatoms. The van der Waals surface area contributed by atoms with Crippen LogP contribution in [0.15, 0.2) is 59.0 Å². The Morgan fingerprint density at radius 2 is 2.10 bits per heavy atom. The van der Waals surface area contributed by atoms with Crippen molar-refractivity contribution in [2.75, 3.05) is 19.6 Å². The first-order valence-electron chi connectivity index (χ1n) is 10.5. The van der Waals surface area contributed by atoms with E-state index >= 15 is 0 Å². The highest BCUT2D eigenvalue weighted by atomic mass is 32.1. The second-order valence-electron chi connectivity index (χ2n) is 8.07. The minimum absolute atomic E-state index is 0.0351. The van der Waals surface area contributed by atoms with Crippen molar-refractivity contribution in [1.82, 2.24) is 15.2 Å². The Morgan fingerprint density at radius 1 is 1.27 bits per heavy atom. The third-order valence-corrected chi connectivity index (χ3v) is 6.98. The van der Waals surface area contributed by atoms with Crippen LogP contribution in [0.5, 0.6) is 0 Å². The number of amides is 1. The number of thiazole rings is 1. The number of carbonyl (C=O) groups is 1. The maximum atomic E-state index is 12.7. The Labute approximate surface area is 179 Å². The van der Waals surface area contributed by atoms with Crippen molar-refractivity contribution in [2.45, 2.75) is 31.7 Å². The fourth-order valence-electron chi connectivity index (χ4n) is 4.24. The number of benzene rings is 2. The molecule has 2 aromatic heterocycles. The van der Waals surface area contributed by atoms with Crippen LogP contribution in [0, 0.1) is 0 Å². The van der Waals surface area contributed by atoms with Crippen LogP contribution < -0.4 is 5.32 Å². The minimum Gasteiger partial charge on any atom is -0.459 e. The zero-order valence-electron chi connectivity index (χ0n) is 17.0. The molecule has 5 rings (SSSR count). The molecule has 1 N–H and O–H groups in total. The number of furan rings is 1. The number of rotatable bonds is 5. The lowest BCUT2D eigenvalue weighted by Gasteiger charge is -2.31. The molecular formula is C24H25N3O2S. The molecule has 1 aliphatic heterocycles. The molecule has 0 saturated carbocycles. The van der Waals surface area contributed by atoms with Gasteiger partial charge in [0.05, 0.1) is 27.8 Å². The molecule has 2 aromatic carbocycles. The average molecular weight is 420 g/mol. The van der Waals surface area contributed by atoms with Crippen LogP contribution in [0.1, 0.15) is 42.5 Å². The number of carbonyl (C=O) groups excluding carboxylic acids is 1. The van der Waals surface area contributed by atoms with Crippen LogP contribution in [-0.2, 0) is 4.79 Å². The molecule has 1 aliphatic rings. The van der Waals surface area contributed by atoms with Crippen molar-refractivity contribution in [3.05, 3.63) is 65.4 Å². The predicted octanol–water partition coefficient (Wildman–Crippen LogP) is 5.10. The van der Waals surface area contributed by atoms with Gasteiger partial charge in [-0.1, -0.05) is 30.3 Å². The summed E-state index contributed by atoms with van der Waals surface area (Å²) in [6.45, 7) is 4.21. The van der Waals surface area contributed by atoms with Crippen molar-refractivity contribution < 1.29 is 9.21 Å². The average Bonchev–Trinajstić information content (AvgIpc) is 3.38. The van der Waals surface area contributed by atoms with Gasteiger partial charge in [-0.2, -0.15) is 0 Å². The van der Waals surface area contributed by atoms with Gasteiger partial charge in [-0.05, 0) is 50.6 Å². The summed E-state index contributed by atoms with van der Waals surface area (Å²) >= 11 is 1.78. The lowest BCUT2D eigenvalue weighted by molar-refractivity contribution is -0.123. The smallest absolute Gasteiger partial charge is 0.234 e. The minimum atomic E-state index is -0.158. The topological polar surface area (TPSA) is 58.4 Å². The monoisotopic (exact) mass is 419 g/mol. The second kappa shape index (κ2) is 8.20. The predicted molar refractivity (Wildman–Crippen MR) is 121 cm³/mol. The zero-order chi connectivity index (χ0) is 20.5. The molecule has 1 fully saturated rings. The first-order valence-corrected chi connectivity index (χ1v) is 11.3. The molecule has 30 heavy (non-hydrogen) atoms. The quantitative estimate of drug-likeness (QED) is 0.489. The number of hydrogen-bond donors (Lipinski definition) is 1. The van der Waals surface area contributed by atoms with E-state index in [9.17, 15) is 4.79 Å². The van der Waals surface area contributed by atoms with Crippen molar-refractivity contribution in [3.63, 3.8) is 0 Å². The Balaban J connectivity index is 1.21. The Kier molecular flexibility index (Phi) is 5.27. The first kappa shape index (κ1) is 19.3. The number of nitrogens with zero attached hydrogens (tertiary/aromatic N) is 2. The van der Waals surface area contributed by atoms with E-state index in [-0.39, 0.29) is 11.9 Å². The SMILES string of the molecule is C[C@@H](NC(=O)CN1CCC[C@H](c2nc3ccccc3s2)C1)c1cc2ccccc2o1. The van der Waals surface area contributed by atoms with Crippen LogP contribution in [-0.4, -0.2) is 35.4 Å². The number of likely N-dealkylation sites (tertiary alicyclic amines) is 1. The number of hydrogen-bond acceptors (Lipinski definition) is 5. The molecule has 2 atom stereocenters. The van der Waals surface area contributed by atoms with Crippen LogP contribution in [0.2, 0.25) is 0 Å². The van der Waals surface area contributed by atoms with Crippen LogP contribution >= 0.6 is 11.3 Å². The molecule has 5 nitrogen and oxygen atoms in total. The number of nitrogens with one attached hydrogen (secondary N) is 1. The summed E-state index contributed by atoms with van der Waals surface area (Å²) in [6, 6.07) is 18.1. The summed E-state index contributed by atoms with van der Waals surface area (Å²) < 4.78 is 7.13. The first-order chi connectivity index (χ1) is 14.7. The van der Waals surface area contributed by atoms with Crippen LogP contribution in [0.25, 0.3) is 21.2 Å². The number of piperidine rings is 1. The number of para-hydroxylation sites is 2. The summed E-state index contributed by atoms with van der Waals surface area (Å²) in [6.07, 6.45) is 2.22. The van der Waals surface area contributed by atoms with E-state index in [1.54, 1.807) is 11.3 Å². The van der Waals surface area contributed by atoms with E-state index in [4.69, 9.17) is 9.40 Å². The summed E-state index contributed by atoms with van der Waals surface area (Å²) in [4.78, 5) is 19.8. The fourth-order valence-corrected chi connectivity index (χ4v) is 5.34. The van der Waals surface area contributed by atoms with Crippen LogP contribution in [0.3, 0.4) is 0 Å². The molecule has 4 aromatic rings. The van der Waals surface area contributed by atoms with Crippen molar-refractivity contribution in [2.24, 2.45) is 0 Å². The third-order valence-electron chi connectivity index (χ3n) is 5.78. The molecule has 1 saturated heterocycles. The lowest BCUT2D eigenvalue weighted by atomic mass is 9.99. The van der Waals surface area contributed by atoms with Crippen molar-refractivity contribution in [3.8, 4) is 0 Å². The molecule has 1 amide bonds. The van der Waals surface area contributed by atoms with E-state index in [0.29, 0.717) is 12.5 Å². The number of fused-ring (bicyclic) bond motifs is 2. The Bertz CT molecular complexity index is 1120. The summed E-state index contributed by atoms with van der Waals surface area (Å²) in [5, 5.41) is 5.34. The Hall–Kier alpha value is -2.70. The van der Waals surface area contributed by atoms with Crippen molar-refractivity contribution in [1.29, 1.82) is 0 Å². The van der Waals surface area contributed by atoms with Gasteiger partial charge in [-0.3, -0.25) is 9.69 Å². The van der Waals surface area contributed by atoms with Gasteiger partial charge < -0.3 is 9.73 Å². The van der Waals surface area contributed by atoms with Gasteiger partial charge in [-0.25, -0.2) is 4.98 Å². The van der Waals surface area contributed by atoms with Gasteiger partial charge in [0.25, 0.3) is 0 Å². The van der Waals surface area contributed by atoms with Gasteiger partial charge in [0, 0.05) is 17.8 Å². The highest BCUT2D eigenvalue weighted by Gasteiger charge is 2.26. The number of aromatic nitrogens is 1. The van der Waals surface area contributed by atoms with Gasteiger partial charge >= 0.3 is 0 Å². The normalized spacial score (nSPS) is 18.6. The van der Waals surface area contributed by atoms with E-state index < -0.39 is 0 Å². The third kappa shape index (κ3) is 3.98. The fraction of sp³-hybridized carbons (Fsp3) is 0.333. The van der Waals surface area contributed by atoms with E-state index in [0.717, 1.165) is 48.2 Å². The van der Waals surface area contributed by atoms with Gasteiger partial charge in [0.2, 0.25) is 5.91 Å². The standard InChI is InChI=1S/C24H25N3O2S/c1-16(21-13-17-7-2-4-10-20(17)29-21)25-23(28)15-27-12-6-8-18(14-27)24-26-19-9-3-5-11-22(19)30-24/h2-5,7,9-11,13,16,18H,6,8,12,14-15H2,1H3,(H,25,28)/t16-,18+/m1/s1. The van der Waals surface area contributed by atoms with E-state index in [1.807, 2.05) is 43.3 Å². The highest BCUT2D eigenvalue weighted by Crippen LogP contribution is 2.33. The molecule has 0 bridgehead atoms. The van der Waals surface area contributed by atoms with Gasteiger partial charge in [-0.15, -0.1) is 11.3 Å². The summed E-state index contributed by atoms with van der Waals surface area (Å²) in [7, 11) is 0. The highest BCUT2D eigenvalue weighted by molar-refractivity contribution is 7.18. The van der Waals surface area contributed by atoms with E-state index in [2.05, 4.69) is 28.4 Å². The zero-order valence-corrected chi connectivity index (χ0v) is 17.8. The largest absolute Gasteiger partial charge is 0.459 e. The molecule has 0 aliphatic carbocycles. The van der Waals surface area contributed by atoms with Gasteiger partial charge in [0.1, 0.15) is 11.3 Å². The van der Waals surface area contributed by atoms with Crippen molar-refractivity contribution >= 4 is 38.4 Å². The summed E-state index contributed by atoms with van der Waals surface area (Å²) in [5.41, 5.74) is 1.93. The van der Waals surface area contributed by atoms with Crippen LogP contribution in [0.4, 0.5) is 0 Å². The lowest BCUT2D eigenvalue weighted by Crippen LogP contribution is -2.42. The maximum absolute atomic E-state index is 12.7. The van der Waals surface area contributed by atoms with E-state index in [1.165, 1.54) is 9.71 Å². The molecule has 0 unspecified atom stereocenters. The van der Waals surface area contributed by atoms with Gasteiger partial charge in [0.15, 0.2) is 0 Å². The Morgan fingerprint density at radius 3 is 2.97 bits per heavy atom. The molecule has 0 radical (unpaired) electrons. The molecular weight excluding hydrogens is 394 g/mol.